The van der Waals surface area contributed by atoms with Crippen molar-refractivity contribution in [3.05, 3.63) is 21.9 Å². The number of hydrogen-bond donors (Lipinski definition) is 2. The van der Waals surface area contributed by atoms with Crippen molar-refractivity contribution in [2.45, 2.75) is 25.7 Å². The minimum Gasteiger partial charge on any atom is -0.504 e. The van der Waals surface area contributed by atoms with E-state index in [1.54, 1.807) is 13.8 Å². The quantitative estimate of drug-likeness (QED) is 0.894. The number of phenolic OH excluding ortho intramolecular Hbond substituents is 1. The number of methoxy groups -OCH3 is 1. The number of rotatable bonds is 4. The molecule has 0 aliphatic carbocycles. The van der Waals surface area contributed by atoms with Gasteiger partial charge in [0.05, 0.1) is 18.0 Å². The second-order valence-electron chi connectivity index (χ2n) is 4.56. The molecule has 0 radical (unpaired) electrons. The number of aliphatic carboxylic acids is 1. The SMILES string of the molecule is COc1c(C(C)(C)CC(=O)O)cc(Br)c(O)c1F. The number of hydrogen-bond acceptors (Lipinski definition) is 3. The maximum atomic E-state index is 13.8. The van der Waals surface area contributed by atoms with Crippen molar-refractivity contribution >= 4 is 21.9 Å². The van der Waals surface area contributed by atoms with Crippen LogP contribution in [0.25, 0.3) is 0 Å². The molecule has 18 heavy (non-hydrogen) atoms. The number of ether oxygens (including phenoxy) is 1. The van der Waals surface area contributed by atoms with Crippen LogP contribution in [0, 0.1) is 5.82 Å². The predicted octanol–water partition coefficient (Wildman–Crippen LogP) is 3.05. The molecule has 0 saturated heterocycles. The summed E-state index contributed by atoms with van der Waals surface area (Å²) < 4.78 is 18.9. The van der Waals surface area contributed by atoms with Gasteiger partial charge in [-0.2, -0.15) is 4.39 Å². The maximum absolute atomic E-state index is 13.8. The maximum Gasteiger partial charge on any atom is 0.304 e. The van der Waals surface area contributed by atoms with Gasteiger partial charge in [0.1, 0.15) is 0 Å². The van der Waals surface area contributed by atoms with Gasteiger partial charge in [-0.1, -0.05) is 13.8 Å². The first-order valence-corrected chi connectivity index (χ1v) is 5.97. The second-order valence-corrected chi connectivity index (χ2v) is 5.41. The lowest BCUT2D eigenvalue weighted by Gasteiger charge is -2.26. The molecule has 0 heterocycles. The summed E-state index contributed by atoms with van der Waals surface area (Å²) in [6.07, 6.45) is -0.181. The van der Waals surface area contributed by atoms with Gasteiger partial charge in [0.25, 0.3) is 0 Å². The highest BCUT2D eigenvalue weighted by atomic mass is 79.9. The van der Waals surface area contributed by atoms with Gasteiger partial charge < -0.3 is 14.9 Å². The second kappa shape index (κ2) is 5.14. The van der Waals surface area contributed by atoms with Gasteiger partial charge in [-0.3, -0.25) is 4.79 Å². The zero-order chi connectivity index (χ0) is 14.1. The molecule has 1 aromatic rings. The summed E-state index contributed by atoms with van der Waals surface area (Å²) in [6.45, 7) is 3.34. The zero-order valence-corrected chi connectivity index (χ0v) is 11.8. The molecular formula is C12H14BrFO4. The molecule has 0 spiro atoms. The molecule has 0 aromatic heterocycles. The van der Waals surface area contributed by atoms with Crippen molar-refractivity contribution in [1.82, 2.24) is 0 Å². The first-order valence-electron chi connectivity index (χ1n) is 5.18. The highest BCUT2D eigenvalue weighted by Gasteiger charge is 2.31. The van der Waals surface area contributed by atoms with E-state index >= 15 is 0 Å². The normalized spacial score (nSPS) is 11.4. The molecule has 0 aliphatic rings. The summed E-state index contributed by atoms with van der Waals surface area (Å²) in [7, 11) is 1.27. The van der Waals surface area contributed by atoms with Gasteiger partial charge in [-0.25, -0.2) is 0 Å². The molecule has 1 rings (SSSR count). The third kappa shape index (κ3) is 2.75. The Labute approximate surface area is 113 Å². The molecule has 2 N–H and O–H groups in total. The molecule has 0 atom stereocenters. The van der Waals surface area contributed by atoms with Crippen LogP contribution in [-0.4, -0.2) is 23.3 Å². The Morgan fingerprint density at radius 1 is 1.56 bits per heavy atom. The third-order valence-corrected chi connectivity index (χ3v) is 3.28. The van der Waals surface area contributed by atoms with Crippen LogP contribution in [0.15, 0.2) is 10.5 Å². The highest BCUT2D eigenvalue weighted by molar-refractivity contribution is 9.10. The third-order valence-electron chi connectivity index (χ3n) is 2.68. The Morgan fingerprint density at radius 3 is 2.56 bits per heavy atom. The standard InChI is InChI=1S/C12H14BrFO4/c1-12(2,5-8(15)16)6-4-7(13)10(17)9(14)11(6)18-3/h4,17H,5H2,1-3H3,(H,15,16). The van der Waals surface area contributed by atoms with E-state index in [9.17, 15) is 14.3 Å². The Bertz CT molecular complexity index is 485. The highest BCUT2D eigenvalue weighted by Crippen LogP contribution is 2.42. The van der Waals surface area contributed by atoms with E-state index in [-0.39, 0.29) is 16.6 Å². The van der Waals surface area contributed by atoms with E-state index in [2.05, 4.69) is 15.9 Å². The molecule has 0 amide bonds. The smallest absolute Gasteiger partial charge is 0.304 e. The predicted molar refractivity (Wildman–Crippen MR) is 67.6 cm³/mol. The fourth-order valence-electron chi connectivity index (χ4n) is 1.77. The van der Waals surface area contributed by atoms with Crippen LogP contribution in [0.4, 0.5) is 4.39 Å². The van der Waals surface area contributed by atoms with Crippen LogP contribution in [0.1, 0.15) is 25.8 Å². The van der Waals surface area contributed by atoms with E-state index in [0.29, 0.717) is 5.56 Å². The summed E-state index contributed by atoms with van der Waals surface area (Å²) in [6, 6.07) is 1.47. The lowest BCUT2D eigenvalue weighted by Crippen LogP contribution is -2.23. The van der Waals surface area contributed by atoms with Gasteiger partial charge >= 0.3 is 5.97 Å². The van der Waals surface area contributed by atoms with Crippen molar-refractivity contribution in [2.24, 2.45) is 0 Å². The first-order chi connectivity index (χ1) is 8.20. The number of carboxylic acid groups (broad SMARTS) is 1. The van der Waals surface area contributed by atoms with Crippen LogP contribution in [0.2, 0.25) is 0 Å². The van der Waals surface area contributed by atoms with E-state index in [1.165, 1.54) is 13.2 Å². The summed E-state index contributed by atoms with van der Waals surface area (Å²) in [5.41, 5.74) is -0.441. The fourth-order valence-corrected chi connectivity index (χ4v) is 2.17. The topological polar surface area (TPSA) is 66.8 Å². The molecule has 100 valence electrons. The molecule has 0 fully saturated rings. The number of phenols is 1. The molecule has 1 aromatic carbocycles. The zero-order valence-electron chi connectivity index (χ0n) is 10.3. The monoisotopic (exact) mass is 320 g/mol. The molecule has 6 heteroatoms. The summed E-state index contributed by atoms with van der Waals surface area (Å²) in [5, 5.41) is 18.3. The van der Waals surface area contributed by atoms with E-state index in [4.69, 9.17) is 9.84 Å². The Morgan fingerprint density at radius 2 is 2.11 bits per heavy atom. The molecule has 0 aliphatic heterocycles. The fraction of sp³-hybridized carbons (Fsp3) is 0.417. The number of halogens is 2. The van der Waals surface area contributed by atoms with Crippen molar-refractivity contribution in [3.63, 3.8) is 0 Å². The van der Waals surface area contributed by atoms with Crippen LogP contribution in [0.3, 0.4) is 0 Å². The van der Waals surface area contributed by atoms with Crippen molar-refractivity contribution in [3.8, 4) is 11.5 Å². The van der Waals surface area contributed by atoms with Crippen LogP contribution >= 0.6 is 15.9 Å². The van der Waals surface area contributed by atoms with Crippen LogP contribution in [0.5, 0.6) is 11.5 Å². The summed E-state index contributed by atoms with van der Waals surface area (Å²) >= 11 is 3.03. The molecule has 0 saturated carbocycles. The van der Waals surface area contributed by atoms with E-state index in [1.807, 2.05) is 0 Å². The number of aromatic hydroxyl groups is 1. The number of carbonyl (C=O) groups is 1. The minimum atomic E-state index is -0.994. The van der Waals surface area contributed by atoms with Crippen LogP contribution < -0.4 is 4.74 Å². The van der Waals surface area contributed by atoms with E-state index in [0.717, 1.165) is 0 Å². The Hall–Kier alpha value is -1.30. The van der Waals surface area contributed by atoms with Crippen molar-refractivity contribution < 1.29 is 24.1 Å². The van der Waals surface area contributed by atoms with Gasteiger partial charge in [0.15, 0.2) is 11.5 Å². The van der Waals surface area contributed by atoms with Crippen molar-refractivity contribution in [2.75, 3.05) is 7.11 Å². The summed E-state index contributed by atoms with van der Waals surface area (Å²) in [5.74, 6) is -2.59. The average molecular weight is 321 g/mol. The number of carboxylic acids is 1. The van der Waals surface area contributed by atoms with E-state index < -0.39 is 23.0 Å². The van der Waals surface area contributed by atoms with Gasteiger partial charge in [0.2, 0.25) is 5.82 Å². The lowest BCUT2D eigenvalue weighted by atomic mass is 9.81. The number of benzene rings is 1. The summed E-state index contributed by atoms with van der Waals surface area (Å²) in [4.78, 5) is 10.8. The Kier molecular flexibility index (Phi) is 4.21. The Balaban J connectivity index is 3.44. The largest absolute Gasteiger partial charge is 0.504 e. The first kappa shape index (κ1) is 14.8. The average Bonchev–Trinajstić information content (AvgIpc) is 2.23. The van der Waals surface area contributed by atoms with Gasteiger partial charge in [-0.05, 0) is 22.0 Å². The molecule has 0 bridgehead atoms. The lowest BCUT2D eigenvalue weighted by molar-refractivity contribution is -0.138. The van der Waals surface area contributed by atoms with Gasteiger partial charge in [0, 0.05) is 11.0 Å². The minimum absolute atomic E-state index is 0.137. The van der Waals surface area contributed by atoms with Crippen LogP contribution in [-0.2, 0) is 10.2 Å². The molecular weight excluding hydrogens is 307 g/mol. The molecule has 0 unspecified atom stereocenters. The van der Waals surface area contributed by atoms with Gasteiger partial charge in [-0.15, -0.1) is 0 Å². The van der Waals surface area contributed by atoms with Crippen molar-refractivity contribution in [1.29, 1.82) is 0 Å². The molecule has 4 nitrogen and oxygen atoms in total.